The first kappa shape index (κ1) is 20.6. The number of amides is 4. The zero-order valence-corrected chi connectivity index (χ0v) is 16.6. The first-order chi connectivity index (χ1) is 14.8. The molecule has 3 aliphatic heterocycles. The van der Waals surface area contributed by atoms with E-state index in [2.05, 4.69) is 0 Å². The number of hydrogen-bond donors (Lipinski definition) is 0. The highest BCUT2D eigenvalue weighted by Crippen LogP contribution is 2.37. The molecule has 12 heteroatoms. The zero-order chi connectivity index (χ0) is 22.1. The number of nitrogens with zero attached hydrogens (tertiary/aromatic N) is 4. The summed E-state index contributed by atoms with van der Waals surface area (Å²) in [5.41, 5.74) is -0.485. The average molecular weight is 432 g/mol. The third kappa shape index (κ3) is 4.00. The molecular weight excluding hydrogens is 412 g/mol. The highest BCUT2D eigenvalue weighted by molar-refractivity contribution is 6.04. The molecule has 0 atom stereocenters. The molecule has 1 aromatic rings. The van der Waals surface area contributed by atoms with Gasteiger partial charge in [0, 0.05) is 45.1 Å². The fourth-order valence-electron chi connectivity index (χ4n) is 3.76. The fourth-order valence-corrected chi connectivity index (χ4v) is 3.76. The summed E-state index contributed by atoms with van der Waals surface area (Å²) in [4.78, 5) is 63.5. The van der Waals surface area contributed by atoms with Gasteiger partial charge < -0.3 is 19.3 Å². The number of hydrogen-bond acceptors (Lipinski definition) is 8. The lowest BCUT2D eigenvalue weighted by atomic mass is 10.1. The van der Waals surface area contributed by atoms with E-state index in [-0.39, 0.29) is 99.3 Å². The number of benzene rings is 1. The second-order valence-electron chi connectivity index (χ2n) is 7.32. The monoisotopic (exact) mass is 432 g/mol. The number of fused-ring (bicyclic) bond motifs is 1. The van der Waals surface area contributed by atoms with Crippen LogP contribution in [0.1, 0.15) is 23.2 Å². The highest BCUT2D eigenvalue weighted by atomic mass is 16.6. The Hall–Kier alpha value is -3.70. The number of imide groups is 1. The normalized spacial score (nSPS) is 18.4. The van der Waals surface area contributed by atoms with Crippen LogP contribution in [0.2, 0.25) is 0 Å². The number of carbonyl (C=O) groups is 4. The van der Waals surface area contributed by atoms with Crippen molar-refractivity contribution in [2.24, 2.45) is 0 Å². The molecule has 0 N–H and O–H groups in total. The summed E-state index contributed by atoms with van der Waals surface area (Å²) in [6.07, 6.45) is 0.228. The number of ether oxygens (including phenoxy) is 2. The standard InChI is InChI=1S/C19H20N4O8/c24-16-1-2-17(25)22(16)11-18(26)20-3-5-21(6-4-20)19(27)12-9-14-15(31-8-7-30-14)10-13(12)23(28)29/h9-10H,1-8,11H2. The lowest BCUT2D eigenvalue weighted by molar-refractivity contribution is -0.385. The Morgan fingerprint density at radius 1 is 0.935 bits per heavy atom. The summed E-state index contributed by atoms with van der Waals surface area (Å²) in [5, 5.41) is 11.5. The van der Waals surface area contributed by atoms with Crippen LogP contribution in [0, 0.1) is 10.1 Å². The van der Waals surface area contributed by atoms with Crippen LogP contribution in [0.3, 0.4) is 0 Å². The quantitative estimate of drug-likeness (QED) is 0.362. The Morgan fingerprint density at radius 3 is 2.06 bits per heavy atom. The summed E-state index contributed by atoms with van der Waals surface area (Å²) in [7, 11) is 0. The molecule has 0 saturated carbocycles. The SMILES string of the molecule is O=C(CN1C(=O)CCC1=O)N1CCN(C(=O)c2cc3c(cc2[N+](=O)[O-])OCCO3)CC1. The molecule has 2 fully saturated rings. The summed E-state index contributed by atoms with van der Waals surface area (Å²) in [6.45, 7) is 0.955. The third-order valence-corrected chi connectivity index (χ3v) is 5.46. The van der Waals surface area contributed by atoms with Gasteiger partial charge in [0.2, 0.25) is 17.7 Å². The molecule has 12 nitrogen and oxygen atoms in total. The van der Waals surface area contributed by atoms with Gasteiger partial charge >= 0.3 is 0 Å². The predicted octanol–water partition coefficient (Wildman–Crippen LogP) is -0.201. The fraction of sp³-hybridized carbons (Fsp3) is 0.474. The van der Waals surface area contributed by atoms with Crippen LogP contribution in [-0.4, -0.2) is 89.2 Å². The largest absolute Gasteiger partial charge is 0.486 e. The van der Waals surface area contributed by atoms with E-state index >= 15 is 0 Å². The van der Waals surface area contributed by atoms with Crippen molar-refractivity contribution >= 4 is 29.3 Å². The van der Waals surface area contributed by atoms with Crippen molar-refractivity contribution in [2.75, 3.05) is 45.9 Å². The van der Waals surface area contributed by atoms with E-state index in [1.807, 2.05) is 0 Å². The molecule has 3 heterocycles. The van der Waals surface area contributed by atoms with Crippen LogP contribution < -0.4 is 9.47 Å². The van der Waals surface area contributed by atoms with E-state index in [0.717, 1.165) is 4.90 Å². The molecule has 0 spiro atoms. The molecule has 0 aliphatic carbocycles. The second-order valence-corrected chi connectivity index (χ2v) is 7.32. The van der Waals surface area contributed by atoms with E-state index in [1.54, 1.807) is 0 Å². The minimum absolute atomic E-state index is 0.109. The highest BCUT2D eigenvalue weighted by Gasteiger charge is 2.34. The van der Waals surface area contributed by atoms with Gasteiger partial charge in [-0.1, -0.05) is 0 Å². The lowest BCUT2D eigenvalue weighted by Crippen LogP contribution is -2.53. The van der Waals surface area contributed by atoms with E-state index in [9.17, 15) is 29.3 Å². The van der Waals surface area contributed by atoms with Gasteiger partial charge in [0.05, 0.1) is 11.0 Å². The number of carbonyl (C=O) groups excluding carboxylic acids is 4. The number of nitro benzene ring substituents is 1. The van der Waals surface area contributed by atoms with Crippen molar-refractivity contribution in [3.05, 3.63) is 27.8 Å². The molecular formula is C19H20N4O8. The van der Waals surface area contributed by atoms with Crippen LogP contribution in [0.4, 0.5) is 5.69 Å². The van der Waals surface area contributed by atoms with E-state index in [1.165, 1.54) is 21.9 Å². The van der Waals surface area contributed by atoms with Crippen molar-refractivity contribution in [1.29, 1.82) is 0 Å². The number of rotatable bonds is 4. The Balaban J connectivity index is 1.42. The Morgan fingerprint density at radius 2 is 1.48 bits per heavy atom. The molecule has 2 saturated heterocycles. The van der Waals surface area contributed by atoms with Crippen LogP contribution in [0.5, 0.6) is 11.5 Å². The summed E-state index contributed by atoms with van der Waals surface area (Å²) in [5.74, 6) is -1.15. The van der Waals surface area contributed by atoms with Crippen molar-refractivity contribution in [1.82, 2.24) is 14.7 Å². The van der Waals surface area contributed by atoms with Crippen molar-refractivity contribution in [3.8, 4) is 11.5 Å². The number of piperazine rings is 1. The average Bonchev–Trinajstić information content (AvgIpc) is 3.09. The predicted molar refractivity (Wildman–Crippen MR) is 103 cm³/mol. The minimum Gasteiger partial charge on any atom is -0.486 e. The minimum atomic E-state index is -0.644. The molecule has 4 rings (SSSR count). The van der Waals surface area contributed by atoms with Gasteiger partial charge in [0.25, 0.3) is 11.6 Å². The van der Waals surface area contributed by atoms with Gasteiger partial charge in [0.15, 0.2) is 11.5 Å². The number of likely N-dealkylation sites (tertiary alicyclic amines) is 1. The molecule has 0 radical (unpaired) electrons. The van der Waals surface area contributed by atoms with Gasteiger partial charge in [-0.05, 0) is 0 Å². The molecule has 4 amide bonds. The molecule has 3 aliphatic rings. The molecule has 164 valence electrons. The van der Waals surface area contributed by atoms with Crippen molar-refractivity contribution < 1.29 is 33.6 Å². The topological polar surface area (TPSA) is 140 Å². The van der Waals surface area contributed by atoms with Gasteiger partial charge in [-0.2, -0.15) is 0 Å². The van der Waals surface area contributed by atoms with Crippen LogP contribution in [-0.2, 0) is 14.4 Å². The third-order valence-electron chi connectivity index (χ3n) is 5.46. The van der Waals surface area contributed by atoms with Crippen LogP contribution in [0.25, 0.3) is 0 Å². The van der Waals surface area contributed by atoms with Crippen molar-refractivity contribution in [2.45, 2.75) is 12.8 Å². The van der Waals surface area contributed by atoms with E-state index in [0.29, 0.717) is 0 Å². The maximum atomic E-state index is 13.0. The Labute approximate surface area is 176 Å². The van der Waals surface area contributed by atoms with Gasteiger partial charge in [-0.15, -0.1) is 0 Å². The molecule has 0 bridgehead atoms. The summed E-state index contributed by atoms with van der Waals surface area (Å²) < 4.78 is 10.8. The van der Waals surface area contributed by atoms with E-state index < -0.39 is 10.8 Å². The molecule has 0 unspecified atom stereocenters. The maximum absolute atomic E-state index is 13.0. The smallest absolute Gasteiger partial charge is 0.286 e. The lowest BCUT2D eigenvalue weighted by Gasteiger charge is -2.35. The maximum Gasteiger partial charge on any atom is 0.286 e. The van der Waals surface area contributed by atoms with Gasteiger partial charge in [-0.3, -0.25) is 34.2 Å². The zero-order valence-electron chi connectivity index (χ0n) is 16.6. The summed E-state index contributed by atoms with van der Waals surface area (Å²) >= 11 is 0. The summed E-state index contributed by atoms with van der Waals surface area (Å²) in [6, 6.07) is 2.50. The van der Waals surface area contributed by atoms with Crippen molar-refractivity contribution in [3.63, 3.8) is 0 Å². The molecule has 31 heavy (non-hydrogen) atoms. The van der Waals surface area contributed by atoms with E-state index in [4.69, 9.17) is 9.47 Å². The second kappa shape index (κ2) is 8.20. The Bertz CT molecular complexity index is 954. The van der Waals surface area contributed by atoms with Crippen LogP contribution >= 0.6 is 0 Å². The molecule has 0 aromatic heterocycles. The first-order valence-corrected chi connectivity index (χ1v) is 9.83. The van der Waals surface area contributed by atoms with Gasteiger partial charge in [0.1, 0.15) is 25.3 Å². The van der Waals surface area contributed by atoms with Crippen LogP contribution in [0.15, 0.2) is 12.1 Å². The first-order valence-electron chi connectivity index (χ1n) is 9.83. The molecule has 1 aromatic carbocycles. The van der Waals surface area contributed by atoms with Gasteiger partial charge in [-0.25, -0.2) is 0 Å². The number of nitro groups is 1. The Kier molecular flexibility index (Phi) is 5.44.